The topological polar surface area (TPSA) is 22.8 Å². The highest BCUT2D eigenvalue weighted by molar-refractivity contribution is 6.18. The molecule has 214 valence electrons. The molecule has 0 saturated carbocycles. The van der Waals surface area contributed by atoms with Gasteiger partial charge in [0.15, 0.2) is 0 Å². The van der Waals surface area contributed by atoms with Crippen molar-refractivity contribution in [2.75, 3.05) is 0 Å². The van der Waals surface area contributed by atoms with Crippen LogP contribution in [0.15, 0.2) is 164 Å². The first-order valence-corrected chi connectivity index (χ1v) is 15.7. The fourth-order valence-corrected chi connectivity index (χ4v) is 7.47. The third-order valence-electron chi connectivity index (χ3n) is 9.51. The van der Waals surface area contributed by atoms with Gasteiger partial charge in [0.05, 0.1) is 22.1 Å². The molecular formula is C43H27N3. The van der Waals surface area contributed by atoms with Gasteiger partial charge < -0.3 is 4.57 Å². The Kier molecular flexibility index (Phi) is 5.28. The van der Waals surface area contributed by atoms with Crippen LogP contribution in [0.25, 0.3) is 87.8 Å². The summed E-state index contributed by atoms with van der Waals surface area (Å²) in [6.07, 6.45) is 2.04. The van der Waals surface area contributed by atoms with Crippen molar-refractivity contribution in [3.05, 3.63) is 164 Å². The predicted octanol–water partition coefficient (Wildman–Crippen LogP) is 11.2. The Bertz CT molecular complexity index is 2790. The highest BCUT2D eigenvalue weighted by Gasteiger charge is 2.19. The molecule has 0 saturated heterocycles. The van der Waals surface area contributed by atoms with E-state index in [2.05, 4.69) is 167 Å². The highest BCUT2D eigenvalue weighted by atomic mass is 15.1. The van der Waals surface area contributed by atoms with Crippen molar-refractivity contribution in [1.82, 2.24) is 14.1 Å². The lowest BCUT2D eigenvalue weighted by Crippen LogP contribution is -1.99. The fourth-order valence-electron chi connectivity index (χ4n) is 7.47. The Morgan fingerprint density at radius 3 is 1.52 bits per heavy atom. The average molecular weight is 586 g/mol. The van der Waals surface area contributed by atoms with Crippen molar-refractivity contribution in [1.29, 1.82) is 0 Å². The third-order valence-corrected chi connectivity index (χ3v) is 9.51. The van der Waals surface area contributed by atoms with Crippen LogP contribution < -0.4 is 0 Å². The zero-order valence-corrected chi connectivity index (χ0v) is 24.9. The van der Waals surface area contributed by atoms with Crippen molar-refractivity contribution in [2.24, 2.45) is 0 Å². The number of hydrogen-bond acceptors (Lipinski definition) is 1. The summed E-state index contributed by atoms with van der Waals surface area (Å²) in [5, 5.41) is 9.72. The molecule has 0 N–H and O–H groups in total. The van der Waals surface area contributed by atoms with E-state index in [1.54, 1.807) is 0 Å². The molecule has 0 atom stereocenters. The van der Waals surface area contributed by atoms with Gasteiger partial charge in [-0.3, -0.25) is 4.57 Å². The van der Waals surface area contributed by atoms with E-state index in [4.69, 9.17) is 4.98 Å². The van der Waals surface area contributed by atoms with Gasteiger partial charge in [0.25, 0.3) is 0 Å². The Hall–Kier alpha value is -6.19. The quantitative estimate of drug-likeness (QED) is 0.202. The minimum Gasteiger partial charge on any atom is -0.309 e. The molecule has 3 aromatic heterocycles. The van der Waals surface area contributed by atoms with Crippen LogP contribution in [0.1, 0.15) is 0 Å². The molecule has 0 spiro atoms. The van der Waals surface area contributed by atoms with Crippen LogP contribution in [0.5, 0.6) is 0 Å². The van der Waals surface area contributed by atoms with Crippen molar-refractivity contribution >= 4 is 65.2 Å². The summed E-state index contributed by atoms with van der Waals surface area (Å²) < 4.78 is 4.75. The first-order valence-electron chi connectivity index (χ1n) is 15.7. The fraction of sp³-hybridized carbons (Fsp3) is 0. The molecule has 0 unspecified atom stereocenters. The minimum atomic E-state index is 0.947. The van der Waals surface area contributed by atoms with E-state index in [0.717, 1.165) is 27.8 Å². The third kappa shape index (κ3) is 3.57. The number of pyridine rings is 1. The second kappa shape index (κ2) is 9.65. The number of hydrogen-bond donors (Lipinski definition) is 0. The van der Waals surface area contributed by atoms with Crippen molar-refractivity contribution < 1.29 is 0 Å². The second-order valence-corrected chi connectivity index (χ2v) is 12.0. The SMILES string of the molecule is c1ccc(-c2cnc(-n3c4ccccc4c4cc5cc6c(cc5cc43)c3ccccc3n6-c3ccccc3)c3ccccc23)cc1. The predicted molar refractivity (Wildman–Crippen MR) is 193 cm³/mol. The van der Waals surface area contributed by atoms with Crippen molar-refractivity contribution in [3.8, 4) is 22.6 Å². The zero-order valence-electron chi connectivity index (χ0n) is 24.9. The Morgan fingerprint density at radius 1 is 0.370 bits per heavy atom. The zero-order chi connectivity index (χ0) is 30.2. The maximum atomic E-state index is 5.19. The van der Waals surface area contributed by atoms with Crippen LogP contribution in [0.4, 0.5) is 0 Å². The van der Waals surface area contributed by atoms with Crippen molar-refractivity contribution in [3.63, 3.8) is 0 Å². The second-order valence-electron chi connectivity index (χ2n) is 12.0. The minimum absolute atomic E-state index is 0.947. The Morgan fingerprint density at radius 2 is 0.870 bits per heavy atom. The molecule has 46 heavy (non-hydrogen) atoms. The van der Waals surface area contributed by atoms with Gasteiger partial charge in [-0.2, -0.15) is 0 Å². The number of para-hydroxylation sites is 3. The maximum absolute atomic E-state index is 5.19. The van der Waals surface area contributed by atoms with Crippen LogP contribution in [0.3, 0.4) is 0 Å². The Balaban J connectivity index is 1.30. The van der Waals surface area contributed by atoms with E-state index in [1.165, 1.54) is 60.0 Å². The number of nitrogens with zero attached hydrogens (tertiary/aromatic N) is 3. The monoisotopic (exact) mass is 585 g/mol. The molecule has 0 bridgehead atoms. The molecule has 3 heteroatoms. The van der Waals surface area contributed by atoms with Crippen molar-refractivity contribution in [2.45, 2.75) is 0 Å². The molecule has 0 amide bonds. The van der Waals surface area contributed by atoms with Gasteiger partial charge in [-0.15, -0.1) is 0 Å². The Labute approximate surface area is 265 Å². The number of fused-ring (bicyclic) bond motifs is 8. The van der Waals surface area contributed by atoms with Gasteiger partial charge in [0.2, 0.25) is 0 Å². The molecule has 10 aromatic rings. The van der Waals surface area contributed by atoms with Crippen LogP contribution in [-0.2, 0) is 0 Å². The average Bonchev–Trinajstić information content (AvgIpc) is 3.61. The smallest absolute Gasteiger partial charge is 0.145 e. The van der Waals surface area contributed by atoms with E-state index >= 15 is 0 Å². The number of aromatic nitrogens is 3. The van der Waals surface area contributed by atoms with E-state index in [0.29, 0.717) is 0 Å². The molecule has 3 heterocycles. The molecule has 3 nitrogen and oxygen atoms in total. The lowest BCUT2D eigenvalue weighted by molar-refractivity contribution is 1.10. The largest absolute Gasteiger partial charge is 0.309 e. The van der Waals surface area contributed by atoms with Gasteiger partial charge in [0, 0.05) is 44.4 Å². The standard InChI is InChI=1S/C43H27N3/c1-3-13-28(14-4-1)38-27-44-43(35-20-8-7-17-32(35)38)46-40-22-12-10-19-34(40)37-24-29-25-41-36(23-30(29)26-42(37)46)33-18-9-11-21-39(33)45(41)31-15-5-2-6-16-31/h1-27H. The molecule has 0 aliphatic heterocycles. The van der Waals surface area contributed by atoms with Gasteiger partial charge in [-0.25, -0.2) is 4.98 Å². The molecule has 0 aliphatic carbocycles. The van der Waals surface area contributed by atoms with Crippen LogP contribution in [0.2, 0.25) is 0 Å². The summed E-state index contributed by atoms with van der Waals surface area (Å²) in [6, 6.07) is 56.8. The summed E-state index contributed by atoms with van der Waals surface area (Å²) in [7, 11) is 0. The summed E-state index contributed by atoms with van der Waals surface area (Å²) in [5.41, 5.74) is 8.22. The first-order chi connectivity index (χ1) is 22.8. The molecule has 0 radical (unpaired) electrons. The normalized spacial score (nSPS) is 11.9. The number of rotatable bonds is 3. The van der Waals surface area contributed by atoms with Gasteiger partial charge in [-0.05, 0) is 70.3 Å². The van der Waals surface area contributed by atoms with Gasteiger partial charge in [0.1, 0.15) is 5.82 Å². The number of benzene rings is 7. The van der Waals surface area contributed by atoms with Gasteiger partial charge in [-0.1, -0.05) is 109 Å². The van der Waals surface area contributed by atoms with E-state index < -0.39 is 0 Å². The summed E-state index contributed by atoms with van der Waals surface area (Å²) in [6.45, 7) is 0. The molecule has 0 fully saturated rings. The van der Waals surface area contributed by atoms with E-state index in [-0.39, 0.29) is 0 Å². The maximum Gasteiger partial charge on any atom is 0.145 e. The molecule has 7 aromatic carbocycles. The van der Waals surface area contributed by atoms with Crippen LogP contribution >= 0.6 is 0 Å². The summed E-state index contributed by atoms with van der Waals surface area (Å²) in [5.74, 6) is 0.947. The highest BCUT2D eigenvalue weighted by Crippen LogP contribution is 2.40. The van der Waals surface area contributed by atoms with Crippen LogP contribution in [0, 0.1) is 0 Å². The summed E-state index contributed by atoms with van der Waals surface area (Å²) in [4.78, 5) is 5.19. The molecular weight excluding hydrogens is 558 g/mol. The molecule has 0 aliphatic rings. The van der Waals surface area contributed by atoms with Crippen LogP contribution in [-0.4, -0.2) is 14.1 Å². The lowest BCUT2D eigenvalue weighted by atomic mass is 10.0. The van der Waals surface area contributed by atoms with E-state index in [1.807, 2.05) is 6.20 Å². The summed E-state index contributed by atoms with van der Waals surface area (Å²) >= 11 is 0. The van der Waals surface area contributed by atoms with Gasteiger partial charge >= 0.3 is 0 Å². The lowest BCUT2D eigenvalue weighted by Gasteiger charge is -2.14. The first kappa shape index (κ1) is 25.2. The van der Waals surface area contributed by atoms with E-state index in [9.17, 15) is 0 Å². The molecule has 10 rings (SSSR count).